The zero-order valence-electron chi connectivity index (χ0n) is 9.12. The molecule has 1 aromatic heterocycles. The Hall–Kier alpha value is -2.50. The summed E-state index contributed by atoms with van der Waals surface area (Å²) in [5.74, 6) is 0. The molecule has 0 unspecified atom stereocenters. The third kappa shape index (κ3) is 2.20. The molecule has 0 radical (unpaired) electrons. The van der Waals surface area contributed by atoms with Gasteiger partial charge in [-0.1, -0.05) is 0 Å². The first-order chi connectivity index (χ1) is 8.08. The Bertz CT molecular complexity index is 616. The summed E-state index contributed by atoms with van der Waals surface area (Å²) in [6.45, 7) is 0. The molecule has 0 saturated carbocycles. The van der Waals surface area contributed by atoms with Crippen LogP contribution in [0.15, 0.2) is 36.7 Å². The summed E-state index contributed by atoms with van der Waals surface area (Å²) in [6.07, 6.45) is 3.33. The predicted molar refractivity (Wildman–Crippen MR) is 61.2 cm³/mol. The van der Waals surface area contributed by atoms with Crippen molar-refractivity contribution in [1.82, 2.24) is 9.55 Å². The van der Waals surface area contributed by atoms with E-state index in [4.69, 9.17) is 5.41 Å². The Balaban J connectivity index is 2.43. The van der Waals surface area contributed by atoms with Gasteiger partial charge in [0.2, 0.25) is 5.62 Å². The molecule has 6 heteroatoms. The lowest BCUT2D eigenvalue weighted by atomic mass is 10.1. The summed E-state index contributed by atoms with van der Waals surface area (Å²) in [6, 6.07) is 6.23. The van der Waals surface area contributed by atoms with Gasteiger partial charge >= 0.3 is 0 Å². The molecule has 0 aliphatic carbocycles. The molecule has 2 rings (SSSR count). The fraction of sp³-hybridized carbons (Fsp3) is 0.0909. The van der Waals surface area contributed by atoms with Crippen LogP contribution in [0.2, 0.25) is 0 Å². The lowest BCUT2D eigenvalue weighted by Crippen LogP contribution is -2.18. The Morgan fingerprint density at radius 1 is 1.29 bits per heavy atom. The molecule has 0 bridgehead atoms. The predicted octanol–water partition coefficient (Wildman–Crippen LogP) is 1.47. The van der Waals surface area contributed by atoms with Crippen molar-refractivity contribution in [2.75, 3.05) is 0 Å². The zero-order valence-corrected chi connectivity index (χ0v) is 9.12. The maximum atomic E-state index is 10.5. The first-order valence-corrected chi connectivity index (χ1v) is 4.90. The van der Waals surface area contributed by atoms with Crippen LogP contribution in [-0.4, -0.2) is 14.5 Å². The molecule has 0 fully saturated rings. The summed E-state index contributed by atoms with van der Waals surface area (Å²) < 4.78 is 1.58. The number of aromatic nitrogens is 2. The highest BCUT2D eigenvalue weighted by Crippen LogP contribution is 2.20. The van der Waals surface area contributed by atoms with Gasteiger partial charge in [0, 0.05) is 37.1 Å². The number of non-ortho nitro benzene ring substituents is 1. The standard InChI is InChI=1S/C11H10N4O2/c1-14-7-9(6-13-11(14)12)8-2-4-10(5-3-8)15(16)17/h2-7,12H,1H3. The minimum absolute atomic E-state index is 0.0585. The molecule has 2 aromatic rings. The van der Waals surface area contributed by atoms with E-state index in [-0.39, 0.29) is 11.3 Å². The second-order valence-corrected chi connectivity index (χ2v) is 3.58. The second-order valence-electron chi connectivity index (χ2n) is 3.58. The minimum Gasteiger partial charge on any atom is -0.320 e. The van der Waals surface area contributed by atoms with Crippen LogP contribution in [0.25, 0.3) is 11.1 Å². The third-order valence-corrected chi connectivity index (χ3v) is 2.40. The summed E-state index contributed by atoms with van der Waals surface area (Å²) in [4.78, 5) is 14.0. The van der Waals surface area contributed by atoms with Gasteiger partial charge in [-0.05, 0) is 17.7 Å². The van der Waals surface area contributed by atoms with Crippen LogP contribution in [-0.2, 0) is 7.05 Å². The van der Waals surface area contributed by atoms with Gasteiger partial charge in [-0.15, -0.1) is 0 Å². The largest absolute Gasteiger partial charge is 0.320 e. The number of nitro benzene ring substituents is 1. The molecule has 17 heavy (non-hydrogen) atoms. The van der Waals surface area contributed by atoms with Gasteiger partial charge in [0.25, 0.3) is 5.69 Å². The summed E-state index contributed by atoms with van der Waals surface area (Å²) in [5.41, 5.74) is 1.87. The molecule has 0 atom stereocenters. The molecule has 86 valence electrons. The van der Waals surface area contributed by atoms with Crippen molar-refractivity contribution in [3.8, 4) is 11.1 Å². The first kappa shape index (κ1) is 11.0. The van der Waals surface area contributed by atoms with Crippen molar-refractivity contribution in [3.63, 3.8) is 0 Å². The smallest absolute Gasteiger partial charge is 0.269 e. The number of benzene rings is 1. The number of hydrogen-bond donors (Lipinski definition) is 1. The van der Waals surface area contributed by atoms with E-state index in [0.29, 0.717) is 0 Å². The zero-order chi connectivity index (χ0) is 12.4. The summed E-state index contributed by atoms with van der Waals surface area (Å²) in [7, 11) is 1.73. The molecule has 1 N–H and O–H groups in total. The number of aryl methyl sites for hydroxylation is 1. The van der Waals surface area contributed by atoms with Crippen molar-refractivity contribution in [3.05, 3.63) is 52.4 Å². The second kappa shape index (κ2) is 4.17. The number of hydrogen-bond acceptors (Lipinski definition) is 4. The van der Waals surface area contributed by atoms with E-state index in [1.165, 1.54) is 12.1 Å². The maximum absolute atomic E-state index is 10.5. The third-order valence-electron chi connectivity index (χ3n) is 2.40. The first-order valence-electron chi connectivity index (χ1n) is 4.90. The maximum Gasteiger partial charge on any atom is 0.269 e. The SMILES string of the molecule is Cn1cc(-c2ccc([N+](=O)[O-])cc2)cnc1=N. The topological polar surface area (TPSA) is 84.8 Å². The Kier molecular flexibility index (Phi) is 2.70. The van der Waals surface area contributed by atoms with Crippen molar-refractivity contribution in [1.29, 1.82) is 5.41 Å². The highest BCUT2D eigenvalue weighted by molar-refractivity contribution is 5.62. The average molecular weight is 230 g/mol. The van der Waals surface area contributed by atoms with Crippen LogP contribution in [0.4, 0.5) is 5.69 Å². The van der Waals surface area contributed by atoms with E-state index in [2.05, 4.69) is 4.98 Å². The summed E-state index contributed by atoms with van der Waals surface area (Å²) in [5, 5.41) is 17.9. The van der Waals surface area contributed by atoms with Gasteiger partial charge in [-0.3, -0.25) is 15.5 Å². The van der Waals surface area contributed by atoms with Gasteiger partial charge in [0.1, 0.15) is 0 Å². The van der Waals surface area contributed by atoms with Crippen LogP contribution >= 0.6 is 0 Å². The van der Waals surface area contributed by atoms with E-state index < -0.39 is 4.92 Å². The normalized spacial score (nSPS) is 10.2. The van der Waals surface area contributed by atoms with Crippen molar-refractivity contribution in [2.45, 2.75) is 0 Å². The van der Waals surface area contributed by atoms with E-state index in [1.54, 1.807) is 36.1 Å². The molecule has 6 nitrogen and oxygen atoms in total. The highest BCUT2D eigenvalue weighted by atomic mass is 16.6. The number of nitro groups is 1. The van der Waals surface area contributed by atoms with Crippen LogP contribution in [0.1, 0.15) is 0 Å². The van der Waals surface area contributed by atoms with Crippen LogP contribution in [0.3, 0.4) is 0 Å². The van der Waals surface area contributed by atoms with Gasteiger partial charge in [0.15, 0.2) is 0 Å². The highest BCUT2D eigenvalue weighted by Gasteiger charge is 2.05. The van der Waals surface area contributed by atoms with Crippen LogP contribution in [0.5, 0.6) is 0 Å². The molecular formula is C11H10N4O2. The molecule has 0 spiro atoms. The Labute approximate surface area is 96.8 Å². The molecule has 0 aliphatic heterocycles. The van der Waals surface area contributed by atoms with Crippen molar-refractivity contribution in [2.24, 2.45) is 7.05 Å². The molecular weight excluding hydrogens is 220 g/mol. The fourth-order valence-corrected chi connectivity index (χ4v) is 1.45. The number of rotatable bonds is 2. The van der Waals surface area contributed by atoms with Crippen LogP contribution < -0.4 is 5.62 Å². The van der Waals surface area contributed by atoms with Crippen LogP contribution in [0, 0.1) is 15.5 Å². The Morgan fingerprint density at radius 3 is 2.47 bits per heavy atom. The lowest BCUT2D eigenvalue weighted by molar-refractivity contribution is -0.384. The Morgan fingerprint density at radius 2 is 1.94 bits per heavy atom. The lowest BCUT2D eigenvalue weighted by Gasteiger charge is -2.03. The van der Waals surface area contributed by atoms with Gasteiger partial charge in [-0.2, -0.15) is 0 Å². The average Bonchev–Trinajstić information content (AvgIpc) is 2.33. The van der Waals surface area contributed by atoms with Gasteiger partial charge < -0.3 is 4.57 Å². The minimum atomic E-state index is -0.436. The molecule has 0 amide bonds. The fourth-order valence-electron chi connectivity index (χ4n) is 1.45. The molecule has 1 aromatic carbocycles. The van der Waals surface area contributed by atoms with Crippen molar-refractivity contribution < 1.29 is 4.92 Å². The molecule has 0 saturated heterocycles. The van der Waals surface area contributed by atoms with Gasteiger partial charge in [-0.25, -0.2) is 4.98 Å². The van der Waals surface area contributed by atoms with E-state index in [1.807, 2.05) is 0 Å². The monoisotopic (exact) mass is 230 g/mol. The van der Waals surface area contributed by atoms with Gasteiger partial charge in [0.05, 0.1) is 4.92 Å². The van der Waals surface area contributed by atoms with Crippen molar-refractivity contribution >= 4 is 5.69 Å². The molecule has 0 aliphatic rings. The van der Waals surface area contributed by atoms with E-state index >= 15 is 0 Å². The number of nitrogens with zero attached hydrogens (tertiary/aromatic N) is 3. The van der Waals surface area contributed by atoms with E-state index in [9.17, 15) is 10.1 Å². The molecule has 1 heterocycles. The quantitative estimate of drug-likeness (QED) is 0.626. The summed E-state index contributed by atoms with van der Waals surface area (Å²) >= 11 is 0. The van der Waals surface area contributed by atoms with E-state index in [0.717, 1.165) is 11.1 Å². The number of nitrogens with one attached hydrogen (secondary N) is 1.